The highest BCUT2D eigenvalue weighted by Crippen LogP contribution is 2.47. The Kier molecular flexibility index (Phi) is 10.2. The van der Waals surface area contributed by atoms with Crippen molar-refractivity contribution in [2.45, 2.75) is 0 Å². The van der Waals surface area contributed by atoms with Crippen molar-refractivity contribution in [1.82, 2.24) is 33.2 Å². The van der Waals surface area contributed by atoms with Gasteiger partial charge in [-0.3, -0.25) is 0 Å². The maximum atomic E-state index is 5.35. The summed E-state index contributed by atoms with van der Waals surface area (Å²) in [5, 5.41) is 9.46. The van der Waals surface area contributed by atoms with E-state index in [4.69, 9.17) is 15.0 Å². The van der Waals surface area contributed by atoms with Crippen LogP contribution in [0.1, 0.15) is 0 Å². The lowest BCUT2D eigenvalue weighted by molar-refractivity contribution is 1.07. The van der Waals surface area contributed by atoms with Crippen molar-refractivity contribution in [3.63, 3.8) is 0 Å². The maximum Gasteiger partial charge on any atom is 0.164 e. The minimum atomic E-state index is 0.580. The van der Waals surface area contributed by atoms with Gasteiger partial charge in [-0.15, -0.1) is 0 Å². The molecule has 0 amide bonds. The van der Waals surface area contributed by atoms with Crippen LogP contribution in [0.4, 0.5) is 0 Å². The monoisotopic (exact) mass is 1050 g/mol. The van der Waals surface area contributed by atoms with E-state index in [-0.39, 0.29) is 0 Å². The van der Waals surface area contributed by atoms with Crippen LogP contribution in [-0.2, 0) is 0 Å². The Balaban J connectivity index is 1.02. The molecule has 5 aromatic heterocycles. The molecule has 0 N–H and O–H groups in total. The zero-order valence-electron chi connectivity index (χ0n) is 44.3. The Hall–Kier alpha value is -11.2. The fraction of sp³-hybridized carbons (Fsp3) is 0. The molecular weight excluding hydrogens is 999 g/mol. The predicted octanol–water partition coefficient (Wildman–Crippen LogP) is 18.9. The number of rotatable bonds is 8. The fourth-order valence-corrected chi connectivity index (χ4v) is 13.1. The van der Waals surface area contributed by atoms with Gasteiger partial charge in [0, 0.05) is 82.3 Å². The van der Waals surface area contributed by atoms with E-state index in [9.17, 15) is 0 Å². The molecule has 0 spiro atoms. The minimum absolute atomic E-state index is 0.580. The number of nitrogens with zero attached hydrogens (tertiary/aromatic N) is 7. The Morgan fingerprint density at radius 3 is 0.963 bits per heavy atom. The molecule has 0 aliphatic carbocycles. The molecule has 0 saturated carbocycles. The summed E-state index contributed by atoms with van der Waals surface area (Å²) in [5.41, 5.74) is 18.1. The molecule has 17 aromatic rings. The molecule has 0 unspecified atom stereocenters. The van der Waals surface area contributed by atoms with Crippen LogP contribution in [0.15, 0.2) is 285 Å². The molecule has 0 radical (unpaired) electrons. The smallest absolute Gasteiger partial charge is 0.164 e. The normalized spacial score (nSPS) is 11.9. The van der Waals surface area contributed by atoms with E-state index >= 15 is 0 Å². The third-order valence-corrected chi connectivity index (χ3v) is 16.6. The van der Waals surface area contributed by atoms with Gasteiger partial charge in [-0.1, -0.05) is 224 Å². The zero-order chi connectivity index (χ0) is 53.8. The van der Waals surface area contributed by atoms with Gasteiger partial charge in [0.1, 0.15) is 0 Å². The highest BCUT2D eigenvalue weighted by atomic mass is 15.1. The average Bonchev–Trinajstić information content (AvgIpc) is 2.13. The Labute approximate surface area is 471 Å². The molecular formula is C75H47N7. The molecule has 0 fully saturated rings. The largest absolute Gasteiger partial charge is 0.307 e. The van der Waals surface area contributed by atoms with E-state index in [1.54, 1.807) is 0 Å². The second-order valence-electron chi connectivity index (χ2n) is 21.1. The SMILES string of the molecule is c1ccc(-c2nc(-c3ccccc3)nc(-c3ccc(-c4ccccc4-n4c5ccccc5c5ccc6c7ccccc7n(-c7ccccc7)c6c54)c(-n4c5ccccc5c5ccc6c7ccccc7n(-c7ccccc7)c6c54)c3)n2)cc1. The summed E-state index contributed by atoms with van der Waals surface area (Å²) < 4.78 is 9.97. The first-order valence-electron chi connectivity index (χ1n) is 27.9. The van der Waals surface area contributed by atoms with Gasteiger partial charge in [0.25, 0.3) is 0 Å². The van der Waals surface area contributed by atoms with Gasteiger partial charge in [0.15, 0.2) is 17.5 Å². The standard InChI is InChI=1S/C75H47N7/c1-5-23-48(24-6-1)73-76-74(49-25-7-2-8-26-49)78-75(77-73)50-41-42-58(68(47-50)82-67-40-22-17-35-57(67)62-46-44-60-55-33-15-19-37-64(55)80(70(60)72(62)82)52-29-11-4-12-30-52)53-31-13-20-38-65(53)81-66-39-21-16-34-56(66)61-45-43-59-54-32-14-18-36-63(54)79(69(59)71(61)81)51-27-9-3-10-28-51/h1-47H. The summed E-state index contributed by atoms with van der Waals surface area (Å²) in [6.45, 7) is 0. The zero-order valence-corrected chi connectivity index (χ0v) is 44.3. The third kappa shape index (κ3) is 6.87. The fourth-order valence-electron chi connectivity index (χ4n) is 13.1. The molecule has 382 valence electrons. The highest BCUT2D eigenvalue weighted by molar-refractivity contribution is 6.26. The molecule has 7 heteroatoms. The quantitative estimate of drug-likeness (QED) is 0.152. The van der Waals surface area contributed by atoms with E-state index in [1.807, 2.05) is 36.4 Å². The average molecular weight is 1050 g/mol. The molecule has 0 saturated heterocycles. The summed E-state index contributed by atoms with van der Waals surface area (Å²) in [5.74, 6) is 1.80. The number of hydrogen-bond donors (Lipinski definition) is 0. The number of hydrogen-bond acceptors (Lipinski definition) is 3. The number of benzene rings is 12. The number of fused-ring (bicyclic) bond motifs is 14. The molecule has 0 aliphatic rings. The van der Waals surface area contributed by atoms with Gasteiger partial charge in [0.05, 0.1) is 55.5 Å². The molecule has 5 heterocycles. The maximum absolute atomic E-state index is 5.35. The van der Waals surface area contributed by atoms with Crippen LogP contribution in [0, 0.1) is 0 Å². The van der Waals surface area contributed by atoms with Crippen molar-refractivity contribution in [2.75, 3.05) is 0 Å². The van der Waals surface area contributed by atoms with Gasteiger partial charge in [0.2, 0.25) is 0 Å². The van der Waals surface area contributed by atoms with Gasteiger partial charge in [-0.25, -0.2) is 15.0 Å². The van der Waals surface area contributed by atoms with Crippen molar-refractivity contribution in [1.29, 1.82) is 0 Å². The minimum Gasteiger partial charge on any atom is -0.307 e. The highest BCUT2D eigenvalue weighted by Gasteiger charge is 2.27. The third-order valence-electron chi connectivity index (χ3n) is 16.6. The van der Waals surface area contributed by atoms with Crippen LogP contribution >= 0.6 is 0 Å². The summed E-state index contributed by atoms with van der Waals surface area (Å²) in [4.78, 5) is 15.8. The van der Waals surface area contributed by atoms with Crippen molar-refractivity contribution in [3.8, 4) is 68.0 Å². The van der Waals surface area contributed by atoms with Gasteiger partial charge >= 0.3 is 0 Å². The Morgan fingerprint density at radius 2 is 0.524 bits per heavy atom. The van der Waals surface area contributed by atoms with Crippen molar-refractivity contribution in [3.05, 3.63) is 285 Å². The lowest BCUT2D eigenvalue weighted by Crippen LogP contribution is -2.05. The van der Waals surface area contributed by atoms with E-state index in [0.717, 1.165) is 105 Å². The number of para-hydroxylation sites is 7. The molecule has 17 rings (SSSR count). The molecule has 0 bridgehead atoms. The van der Waals surface area contributed by atoms with Crippen LogP contribution in [0.3, 0.4) is 0 Å². The van der Waals surface area contributed by atoms with Crippen LogP contribution < -0.4 is 0 Å². The topological polar surface area (TPSA) is 58.4 Å². The van der Waals surface area contributed by atoms with Crippen LogP contribution in [0.2, 0.25) is 0 Å². The summed E-state index contributed by atoms with van der Waals surface area (Å²) >= 11 is 0. The first-order chi connectivity index (χ1) is 40.7. The molecule has 7 nitrogen and oxygen atoms in total. The van der Waals surface area contributed by atoms with Gasteiger partial charge in [-0.05, 0) is 60.7 Å². The Morgan fingerprint density at radius 1 is 0.207 bits per heavy atom. The second-order valence-corrected chi connectivity index (χ2v) is 21.1. The van der Waals surface area contributed by atoms with E-state index in [0.29, 0.717) is 17.5 Å². The van der Waals surface area contributed by atoms with E-state index in [1.165, 1.54) is 32.3 Å². The van der Waals surface area contributed by atoms with Gasteiger partial charge in [-0.2, -0.15) is 0 Å². The summed E-state index contributed by atoms with van der Waals surface area (Å²) in [7, 11) is 0. The first kappa shape index (κ1) is 45.8. The number of aromatic nitrogens is 7. The summed E-state index contributed by atoms with van der Waals surface area (Å²) in [6, 6.07) is 103. The Bertz CT molecular complexity index is 5320. The lowest BCUT2D eigenvalue weighted by atomic mass is 9.98. The van der Waals surface area contributed by atoms with Crippen LogP contribution in [-0.4, -0.2) is 33.2 Å². The van der Waals surface area contributed by atoms with Gasteiger partial charge < -0.3 is 18.3 Å². The molecule has 12 aromatic carbocycles. The second kappa shape index (κ2) is 18.2. The summed E-state index contributed by atoms with van der Waals surface area (Å²) in [6.07, 6.45) is 0. The van der Waals surface area contributed by atoms with Crippen molar-refractivity contribution >= 4 is 87.2 Å². The predicted molar refractivity (Wildman–Crippen MR) is 339 cm³/mol. The van der Waals surface area contributed by atoms with E-state index < -0.39 is 0 Å². The van der Waals surface area contributed by atoms with Crippen molar-refractivity contribution in [2.24, 2.45) is 0 Å². The van der Waals surface area contributed by atoms with Crippen LogP contribution in [0.5, 0.6) is 0 Å². The van der Waals surface area contributed by atoms with Crippen LogP contribution in [0.25, 0.3) is 155 Å². The lowest BCUT2D eigenvalue weighted by Gasteiger charge is -2.20. The molecule has 82 heavy (non-hydrogen) atoms. The first-order valence-corrected chi connectivity index (χ1v) is 27.9. The van der Waals surface area contributed by atoms with Crippen molar-refractivity contribution < 1.29 is 0 Å². The molecule has 0 atom stereocenters. The van der Waals surface area contributed by atoms with E-state index in [2.05, 4.69) is 267 Å². The molecule has 0 aliphatic heterocycles.